The molecule has 0 aromatic heterocycles. The summed E-state index contributed by atoms with van der Waals surface area (Å²) in [7, 11) is 0. The first-order chi connectivity index (χ1) is 4.65. The van der Waals surface area contributed by atoms with Gasteiger partial charge in [0.15, 0.2) is 0 Å². The summed E-state index contributed by atoms with van der Waals surface area (Å²) in [6, 6.07) is 0. The van der Waals surface area contributed by atoms with Crippen LogP contribution in [-0.2, 0) is 4.79 Å². The second-order valence-electron chi connectivity index (χ2n) is 4.16. The summed E-state index contributed by atoms with van der Waals surface area (Å²) in [5, 5.41) is 0. The molecule has 0 heterocycles. The van der Waals surface area contributed by atoms with Gasteiger partial charge in [0.25, 0.3) is 0 Å². The maximum Gasteiger partial charge on any atom is 0.136 e. The fourth-order valence-electron chi connectivity index (χ4n) is 2.71. The maximum absolute atomic E-state index is 11.2. The summed E-state index contributed by atoms with van der Waals surface area (Å²) in [5.74, 6) is 2.03. The van der Waals surface area contributed by atoms with Gasteiger partial charge in [-0.3, -0.25) is 4.79 Å². The second-order valence-corrected chi connectivity index (χ2v) is 4.16. The highest BCUT2D eigenvalue weighted by molar-refractivity contribution is 5.86. The third kappa shape index (κ3) is 0.609. The lowest BCUT2D eigenvalue weighted by atomic mass is 9.95. The van der Waals surface area contributed by atoms with Crippen LogP contribution in [0.15, 0.2) is 0 Å². The Morgan fingerprint density at radius 1 is 1.50 bits per heavy atom. The van der Waals surface area contributed by atoms with E-state index >= 15 is 0 Å². The van der Waals surface area contributed by atoms with Crippen molar-refractivity contribution in [2.24, 2.45) is 17.3 Å². The lowest BCUT2D eigenvalue weighted by Gasteiger charge is -2.08. The molecule has 2 rings (SSSR count). The number of fused-ring (bicyclic) bond motifs is 1. The smallest absolute Gasteiger partial charge is 0.136 e. The van der Waals surface area contributed by atoms with Crippen LogP contribution < -0.4 is 0 Å². The zero-order valence-electron chi connectivity index (χ0n) is 6.68. The zero-order chi connectivity index (χ0) is 7.35. The van der Waals surface area contributed by atoms with Crippen molar-refractivity contribution in [3.8, 4) is 0 Å². The number of ketones is 1. The molecule has 2 aliphatic carbocycles. The number of rotatable bonds is 1. The molecule has 3 unspecified atom stereocenters. The van der Waals surface area contributed by atoms with Gasteiger partial charge in [0.1, 0.15) is 5.78 Å². The van der Waals surface area contributed by atoms with Crippen molar-refractivity contribution in [1.29, 1.82) is 0 Å². The Kier molecular flexibility index (Phi) is 1.04. The minimum Gasteiger partial charge on any atom is -0.299 e. The molecule has 2 aliphatic rings. The Morgan fingerprint density at radius 2 is 2.20 bits per heavy atom. The summed E-state index contributed by atoms with van der Waals surface area (Å²) in [4.78, 5) is 11.2. The van der Waals surface area contributed by atoms with E-state index in [4.69, 9.17) is 0 Å². The molecular weight excluding hydrogens is 124 g/mol. The van der Waals surface area contributed by atoms with Crippen molar-refractivity contribution in [2.45, 2.75) is 33.1 Å². The number of carbonyl (C=O) groups is 1. The molecule has 0 radical (unpaired) electrons. The van der Waals surface area contributed by atoms with Gasteiger partial charge in [0, 0.05) is 5.41 Å². The number of hydrogen-bond acceptors (Lipinski definition) is 1. The van der Waals surface area contributed by atoms with E-state index in [2.05, 4.69) is 6.92 Å². The van der Waals surface area contributed by atoms with Crippen molar-refractivity contribution >= 4 is 5.78 Å². The first kappa shape index (κ1) is 6.38. The standard InChI is InChI=1S/C9H14O/c1-6-3-8-5-9(8,4-6)7(2)10/h6,8H,3-5H2,1-2H3. The predicted octanol–water partition coefficient (Wildman–Crippen LogP) is 2.01. The van der Waals surface area contributed by atoms with E-state index in [1.807, 2.05) is 0 Å². The van der Waals surface area contributed by atoms with Gasteiger partial charge in [0.05, 0.1) is 0 Å². The lowest BCUT2D eigenvalue weighted by molar-refractivity contribution is -0.122. The fraction of sp³-hybridized carbons (Fsp3) is 0.889. The molecule has 0 spiro atoms. The van der Waals surface area contributed by atoms with E-state index in [0.29, 0.717) is 5.78 Å². The Hall–Kier alpha value is -0.330. The average molecular weight is 138 g/mol. The van der Waals surface area contributed by atoms with Gasteiger partial charge in [0.2, 0.25) is 0 Å². The Balaban J connectivity index is 2.15. The van der Waals surface area contributed by atoms with E-state index in [1.165, 1.54) is 19.3 Å². The topological polar surface area (TPSA) is 17.1 Å². The molecule has 0 N–H and O–H groups in total. The van der Waals surface area contributed by atoms with Crippen LogP contribution in [0, 0.1) is 17.3 Å². The van der Waals surface area contributed by atoms with Crippen molar-refractivity contribution < 1.29 is 4.79 Å². The predicted molar refractivity (Wildman–Crippen MR) is 39.6 cm³/mol. The fourth-order valence-corrected chi connectivity index (χ4v) is 2.71. The van der Waals surface area contributed by atoms with Crippen LogP contribution in [0.4, 0.5) is 0 Å². The molecule has 1 nitrogen and oxygen atoms in total. The van der Waals surface area contributed by atoms with Gasteiger partial charge >= 0.3 is 0 Å². The SMILES string of the molecule is CC(=O)C12CC(C)CC1C2. The van der Waals surface area contributed by atoms with Gasteiger partial charge in [-0.25, -0.2) is 0 Å². The van der Waals surface area contributed by atoms with Gasteiger partial charge < -0.3 is 0 Å². The van der Waals surface area contributed by atoms with E-state index < -0.39 is 0 Å². The Bertz CT molecular complexity index is 185. The molecule has 2 saturated carbocycles. The molecule has 0 bridgehead atoms. The molecule has 2 fully saturated rings. The molecule has 0 amide bonds. The van der Waals surface area contributed by atoms with Crippen LogP contribution in [0.2, 0.25) is 0 Å². The molecule has 1 heteroatoms. The average Bonchev–Trinajstić information content (AvgIpc) is 2.37. The Morgan fingerprint density at radius 3 is 2.50 bits per heavy atom. The van der Waals surface area contributed by atoms with Crippen LogP contribution in [0.25, 0.3) is 0 Å². The lowest BCUT2D eigenvalue weighted by Crippen LogP contribution is -2.11. The summed E-state index contributed by atoms with van der Waals surface area (Å²) < 4.78 is 0. The molecule has 0 aromatic rings. The molecule has 0 saturated heterocycles. The molecule has 10 heavy (non-hydrogen) atoms. The third-order valence-corrected chi connectivity index (χ3v) is 3.33. The van der Waals surface area contributed by atoms with E-state index in [-0.39, 0.29) is 5.41 Å². The molecule has 3 atom stereocenters. The first-order valence-electron chi connectivity index (χ1n) is 4.16. The van der Waals surface area contributed by atoms with Gasteiger partial charge in [-0.1, -0.05) is 6.92 Å². The van der Waals surface area contributed by atoms with E-state index in [9.17, 15) is 4.79 Å². The summed E-state index contributed by atoms with van der Waals surface area (Å²) in [6.45, 7) is 4.02. The largest absolute Gasteiger partial charge is 0.299 e. The maximum atomic E-state index is 11.2. The molecule has 56 valence electrons. The highest BCUT2D eigenvalue weighted by Gasteiger charge is 2.61. The van der Waals surface area contributed by atoms with Crippen LogP contribution in [0.3, 0.4) is 0 Å². The quantitative estimate of drug-likeness (QED) is 0.541. The third-order valence-electron chi connectivity index (χ3n) is 3.33. The van der Waals surface area contributed by atoms with E-state index in [1.54, 1.807) is 6.92 Å². The van der Waals surface area contributed by atoms with Crippen LogP contribution in [-0.4, -0.2) is 5.78 Å². The number of carbonyl (C=O) groups excluding carboxylic acids is 1. The minimum absolute atomic E-state index is 0.194. The van der Waals surface area contributed by atoms with Crippen LogP contribution in [0.1, 0.15) is 33.1 Å². The van der Waals surface area contributed by atoms with Crippen LogP contribution >= 0.6 is 0 Å². The minimum atomic E-state index is 0.194. The van der Waals surface area contributed by atoms with Crippen molar-refractivity contribution in [1.82, 2.24) is 0 Å². The number of hydrogen-bond donors (Lipinski definition) is 0. The van der Waals surface area contributed by atoms with E-state index in [0.717, 1.165) is 11.8 Å². The normalized spacial score (nSPS) is 50.6. The molecule has 0 aromatic carbocycles. The highest BCUT2D eigenvalue weighted by Crippen LogP contribution is 2.65. The van der Waals surface area contributed by atoms with Crippen molar-refractivity contribution in [3.05, 3.63) is 0 Å². The van der Waals surface area contributed by atoms with Crippen molar-refractivity contribution in [2.75, 3.05) is 0 Å². The zero-order valence-corrected chi connectivity index (χ0v) is 6.68. The first-order valence-corrected chi connectivity index (χ1v) is 4.16. The van der Waals surface area contributed by atoms with Gasteiger partial charge in [-0.05, 0) is 38.0 Å². The monoisotopic (exact) mass is 138 g/mol. The van der Waals surface area contributed by atoms with Gasteiger partial charge in [-0.2, -0.15) is 0 Å². The second kappa shape index (κ2) is 1.63. The van der Waals surface area contributed by atoms with Gasteiger partial charge in [-0.15, -0.1) is 0 Å². The van der Waals surface area contributed by atoms with Crippen LogP contribution in [0.5, 0.6) is 0 Å². The van der Waals surface area contributed by atoms with Crippen molar-refractivity contribution in [3.63, 3.8) is 0 Å². The summed E-state index contributed by atoms with van der Waals surface area (Å²) >= 11 is 0. The highest BCUT2D eigenvalue weighted by atomic mass is 16.1. The summed E-state index contributed by atoms with van der Waals surface area (Å²) in [5.41, 5.74) is 0.194. The molecule has 0 aliphatic heterocycles. The number of Topliss-reactive ketones (excluding diaryl/α,β-unsaturated/α-hetero) is 1. The molecular formula is C9H14O. The Labute approximate surface area is 61.8 Å². The summed E-state index contributed by atoms with van der Waals surface area (Å²) in [6.07, 6.45) is 3.68.